The molecule has 110 valence electrons. The van der Waals surface area contributed by atoms with Gasteiger partial charge in [-0.05, 0) is 49.7 Å². The van der Waals surface area contributed by atoms with Gasteiger partial charge in [0.25, 0.3) is 0 Å². The minimum absolute atomic E-state index is 0.0325. The fourth-order valence-electron chi connectivity index (χ4n) is 3.79. The second kappa shape index (κ2) is 5.26. The molecule has 1 aromatic carbocycles. The Bertz CT molecular complexity index is 637. The van der Waals surface area contributed by atoms with Crippen LogP contribution in [0.1, 0.15) is 66.8 Å². The smallest absolute Gasteiger partial charge is 0.232 e. The number of aromatic nitrogens is 2. The highest BCUT2D eigenvalue weighted by Gasteiger charge is 2.33. The summed E-state index contributed by atoms with van der Waals surface area (Å²) in [4.78, 5) is 4.63. The predicted molar refractivity (Wildman–Crippen MR) is 78.1 cm³/mol. The zero-order valence-corrected chi connectivity index (χ0v) is 12.0. The fourth-order valence-corrected chi connectivity index (χ4v) is 3.79. The molecule has 4 heteroatoms. The number of hydrogen-bond acceptors (Lipinski definition) is 4. The summed E-state index contributed by atoms with van der Waals surface area (Å²) in [6, 6.07) is 8.56. The molecule has 1 heterocycles. The van der Waals surface area contributed by atoms with Gasteiger partial charge in [0, 0.05) is 5.92 Å². The third-order valence-electron chi connectivity index (χ3n) is 4.94. The quantitative estimate of drug-likeness (QED) is 0.920. The Hall–Kier alpha value is -1.68. The maximum Gasteiger partial charge on any atom is 0.232 e. The number of nitrogens with zero attached hydrogens (tertiary/aromatic N) is 2. The molecule has 3 unspecified atom stereocenters. The number of aliphatic hydroxyl groups is 1. The minimum Gasteiger partial charge on any atom is -0.392 e. The molecular formula is C17H20N2O2. The first-order valence-corrected chi connectivity index (χ1v) is 7.92. The molecule has 4 nitrogen and oxygen atoms in total. The van der Waals surface area contributed by atoms with Gasteiger partial charge in [0.2, 0.25) is 5.89 Å². The summed E-state index contributed by atoms with van der Waals surface area (Å²) in [5, 5.41) is 14.2. The molecule has 0 bridgehead atoms. The molecule has 3 atom stereocenters. The van der Waals surface area contributed by atoms with Gasteiger partial charge in [-0.2, -0.15) is 4.98 Å². The van der Waals surface area contributed by atoms with Crippen LogP contribution in [-0.4, -0.2) is 21.4 Å². The average molecular weight is 284 g/mol. The minimum atomic E-state index is -0.322. The number of aliphatic hydroxyl groups excluding tert-OH is 1. The first-order chi connectivity index (χ1) is 10.3. The standard InChI is InChI=1S/C17H20N2O2/c20-15-10-4-9-14(15)17-18-16(19-21-17)13-8-3-6-11-5-1-2-7-12(11)13/h1-2,5,7,13-15,20H,3-4,6,8-10H2. The zero-order chi connectivity index (χ0) is 14.2. The van der Waals surface area contributed by atoms with E-state index in [0.717, 1.165) is 44.3 Å². The Labute approximate surface area is 124 Å². The van der Waals surface area contributed by atoms with Gasteiger partial charge in [-0.1, -0.05) is 29.4 Å². The van der Waals surface area contributed by atoms with Crippen molar-refractivity contribution in [3.63, 3.8) is 0 Å². The van der Waals surface area contributed by atoms with Crippen LogP contribution in [0.4, 0.5) is 0 Å². The lowest BCUT2D eigenvalue weighted by Crippen LogP contribution is -2.13. The Morgan fingerprint density at radius 3 is 2.86 bits per heavy atom. The molecule has 2 aliphatic carbocycles. The molecule has 1 aromatic heterocycles. The van der Waals surface area contributed by atoms with E-state index in [4.69, 9.17) is 4.52 Å². The highest BCUT2D eigenvalue weighted by atomic mass is 16.5. The van der Waals surface area contributed by atoms with Gasteiger partial charge in [-0.15, -0.1) is 0 Å². The van der Waals surface area contributed by atoms with Crippen molar-refractivity contribution in [1.29, 1.82) is 0 Å². The topological polar surface area (TPSA) is 59.2 Å². The summed E-state index contributed by atoms with van der Waals surface area (Å²) in [5.41, 5.74) is 2.74. The van der Waals surface area contributed by atoms with Crippen molar-refractivity contribution in [1.82, 2.24) is 10.1 Å². The number of hydrogen-bond donors (Lipinski definition) is 1. The van der Waals surface area contributed by atoms with E-state index in [1.54, 1.807) is 0 Å². The van der Waals surface area contributed by atoms with Crippen molar-refractivity contribution in [3.8, 4) is 0 Å². The van der Waals surface area contributed by atoms with E-state index < -0.39 is 0 Å². The summed E-state index contributed by atoms with van der Waals surface area (Å²) in [6.45, 7) is 0. The van der Waals surface area contributed by atoms with E-state index in [1.807, 2.05) is 0 Å². The van der Waals surface area contributed by atoms with Crippen LogP contribution >= 0.6 is 0 Å². The lowest BCUT2D eigenvalue weighted by Gasteiger charge is -2.22. The summed E-state index contributed by atoms with van der Waals surface area (Å²) < 4.78 is 5.47. The third-order valence-corrected chi connectivity index (χ3v) is 4.94. The first-order valence-electron chi connectivity index (χ1n) is 7.92. The van der Waals surface area contributed by atoms with E-state index >= 15 is 0 Å². The summed E-state index contributed by atoms with van der Waals surface area (Å²) in [6.07, 6.45) is 5.88. The predicted octanol–water partition coefficient (Wildman–Crippen LogP) is 3.17. The van der Waals surface area contributed by atoms with Crippen LogP contribution in [0.15, 0.2) is 28.8 Å². The SMILES string of the molecule is OC1CCCC1c1nc(C2CCCc3ccccc32)no1. The van der Waals surface area contributed by atoms with E-state index in [0.29, 0.717) is 5.89 Å². The van der Waals surface area contributed by atoms with Crippen LogP contribution in [0.2, 0.25) is 0 Å². The molecule has 4 rings (SSSR count). The Balaban J connectivity index is 1.65. The van der Waals surface area contributed by atoms with Crippen LogP contribution < -0.4 is 0 Å². The lowest BCUT2D eigenvalue weighted by atomic mass is 9.82. The molecule has 0 saturated heterocycles. The summed E-state index contributed by atoms with van der Waals surface area (Å²) in [5.74, 6) is 1.69. The van der Waals surface area contributed by atoms with Crippen molar-refractivity contribution < 1.29 is 9.63 Å². The molecular weight excluding hydrogens is 264 g/mol. The number of rotatable bonds is 2. The van der Waals surface area contributed by atoms with Gasteiger partial charge in [-0.3, -0.25) is 0 Å². The van der Waals surface area contributed by atoms with Gasteiger partial charge < -0.3 is 9.63 Å². The molecule has 1 N–H and O–H groups in total. The maximum absolute atomic E-state index is 9.99. The van der Waals surface area contributed by atoms with Crippen LogP contribution in [0.25, 0.3) is 0 Å². The first kappa shape index (κ1) is 13.0. The molecule has 2 aromatic rings. The van der Waals surface area contributed by atoms with Crippen molar-refractivity contribution in [2.24, 2.45) is 0 Å². The van der Waals surface area contributed by atoms with E-state index in [2.05, 4.69) is 34.4 Å². The highest BCUT2D eigenvalue weighted by Crippen LogP contribution is 2.38. The molecule has 1 saturated carbocycles. The van der Waals surface area contributed by atoms with Crippen molar-refractivity contribution in [3.05, 3.63) is 47.1 Å². The largest absolute Gasteiger partial charge is 0.392 e. The molecule has 0 spiro atoms. The monoisotopic (exact) mass is 284 g/mol. The third kappa shape index (κ3) is 2.27. The number of fused-ring (bicyclic) bond motifs is 1. The van der Waals surface area contributed by atoms with Gasteiger partial charge >= 0.3 is 0 Å². The van der Waals surface area contributed by atoms with E-state index in [9.17, 15) is 5.11 Å². The van der Waals surface area contributed by atoms with Crippen LogP contribution in [-0.2, 0) is 6.42 Å². The lowest BCUT2D eigenvalue weighted by molar-refractivity contribution is 0.148. The molecule has 0 amide bonds. The van der Waals surface area contributed by atoms with Crippen LogP contribution in [0.5, 0.6) is 0 Å². The van der Waals surface area contributed by atoms with E-state index in [-0.39, 0.29) is 17.9 Å². The Morgan fingerprint density at radius 2 is 2.00 bits per heavy atom. The van der Waals surface area contributed by atoms with Gasteiger partial charge in [0.05, 0.1) is 12.0 Å². The zero-order valence-electron chi connectivity index (χ0n) is 12.0. The molecule has 0 radical (unpaired) electrons. The highest BCUT2D eigenvalue weighted by molar-refractivity contribution is 5.36. The Morgan fingerprint density at radius 1 is 1.10 bits per heavy atom. The van der Waals surface area contributed by atoms with Gasteiger partial charge in [0.1, 0.15) is 0 Å². The van der Waals surface area contributed by atoms with Crippen molar-refractivity contribution in [2.75, 3.05) is 0 Å². The van der Waals surface area contributed by atoms with Crippen molar-refractivity contribution >= 4 is 0 Å². The van der Waals surface area contributed by atoms with Gasteiger partial charge in [0.15, 0.2) is 5.82 Å². The second-order valence-corrected chi connectivity index (χ2v) is 6.24. The van der Waals surface area contributed by atoms with E-state index in [1.165, 1.54) is 11.1 Å². The van der Waals surface area contributed by atoms with Crippen LogP contribution in [0, 0.1) is 0 Å². The summed E-state index contributed by atoms with van der Waals surface area (Å²) >= 11 is 0. The molecule has 1 fully saturated rings. The van der Waals surface area contributed by atoms with Crippen molar-refractivity contribution in [2.45, 2.75) is 56.5 Å². The number of aryl methyl sites for hydroxylation is 1. The molecule has 21 heavy (non-hydrogen) atoms. The summed E-state index contributed by atoms with van der Waals surface area (Å²) in [7, 11) is 0. The second-order valence-electron chi connectivity index (χ2n) is 6.24. The molecule has 0 aliphatic heterocycles. The van der Waals surface area contributed by atoms with Crippen LogP contribution in [0.3, 0.4) is 0 Å². The Kier molecular flexibility index (Phi) is 3.26. The number of benzene rings is 1. The van der Waals surface area contributed by atoms with Gasteiger partial charge in [-0.25, -0.2) is 0 Å². The molecule has 2 aliphatic rings. The average Bonchev–Trinajstić information content (AvgIpc) is 3.15. The fraction of sp³-hybridized carbons (Fsp3) is 0.529. The normalized spacial score (nSPS) is 28.5. The maximum atomic E-state index is 9.99.